The van der Waals surface area contributed by atoms with Crippen molar-refractivity contribution >= 4 is 17.7 Å². The lowest BCUT2D eigenvalue weighted by Crippen LogP contribution is -2.47. The SMILES string of the molecule is COc1ccc(-c2cnc(SCC(=O)NC(CCC3CCCC3)C3CCCNC3)nc2)cc1OC. The largest absolute Gasteiger partial charge is 0.493 e. The zero-order valence-electron chi connectivity index (χ0n) is 20.9. The summed E-state index contributed by atoms with van der Waals surface area (Å²) in [7, 11) is 3.24. The molecule has 1 amide bonds. The van der Waals surface area contributed by atoms with Gasteiger partial charge >= 0.3 is 0 Å². The number of rotatable bonds is 11. The number of carbonyl (C=O) groups is 1. The highest BCUT2D eigenvalue weighted by Gasteiger charge is 2.26. The minimum Gasteiger partial charge on any atom is -0.493 e. The standard InChI is InChI=1S/C27H38N4O3S/c1-33-24-12-10-20(14-25(24)34-2)22-16-29-27(30-17-22)35-18-26(32)31-23(21-8-5-13-28-15-21)11-9-19-6-3-4-7-19/h10,12,14,16-17,19,21,23,28H,3-9,11,13,15,18H2,1-2H3,(H,31,32). The van der Waals surface area contributed by atoms with Gasteiger partial charge in [0, 0.05) is 24.0 Å². The molecule has 2 aromatic rings. The second-order valence-electron chi connectivity index (χ2n) is 9.62. The Morgan fingerprint density at radius 3 is 2.54 bits per heavy atom. The van der Waals surface area contributed by atoms with Crippen LogP contribution in [0.3, 0.4) is 0 Å². The number of aromatic nitrogens is 2. The molecule has 0 radical (unpaired) electrons. The number of nitrogens with one attached hydrogen (secondary N) is 2. The molecule has 1 saturated heterocycles. The molecule has 0 spiro atoms. The van der Waals surface area contributed by atoms with Crippen LogP contribution in [0.15, 0.2) is 35.7 Å². The number of amides is 1. The van der Waals surface area contributed by atoms with Crippen LogP contribution in [0, 0.1) is 11.8 Å². The Balaban J connectivity index is 1.30. The van der Waals surface area contributed by atoms with Crippen LogP contribution in [0.1, 0.15) is 51.4 Å². The van der Waals surface area contributed by atoms with Crippen molar-refractivity contribution in [3.63, 3.8) is 0 Å². The zero-order chi connectivity index (χ0) is 24.5. The van der Waals surface area contributed by atoms with Gasteiger partial charge in [0.05, 0.1) is 20.0 Å². The quantitative estimate of drug-likeness (QED) is 0.343. The van der Waals surface area contributed by atoms with Crippen molar-refractivity contribution in [2.75, 3.05) is 33.1 Å². The van der Waals surface area contributed by atoms with Crippen LogP contribution in [0.4, 0.5) is 0 Å². The second-order valence-corrected chi connectivity index (χ2v) is 10.6. The molecule has 2 N–H and O–H groups in total. The van der Waals surface area contributed by atoms with Gasteiger partial charge in [-0.1, -0.05) is 43.5 Å². The van der Waals surface area contributed by atoms with Crippen LogP contribution in [0.2, 0.25) is 0 Å². The van der Waals surface area contributed by atoms with Crippen LogP contribution >= 0.6 is 11.8 Å². The number of carbonyl (C=O) groups excluding carboxylic acids is 1. The molecule has 2 fully saturated rings. The third-order valence-electron chi connectivity index (χ3n) is 7.29. The van der Waals surface area contributed by atoms with Gasteiger partial charge in [0.15, 0.2) is 16.7 Å². The number of hydrogen-bond donors (Lipinski definition) is 2. The van der Waals surface area contributed by atoms with Gasteiger partial charge in [0.2, 0.25) is 5.91 Å². The van der Waals surface area contributed by atoms with E-state index >= 15 is 0 Å². The lowest BCUT2D eigenvalue weighted by molar-refractivity contribution is -0.119. The summed E-state index contributed by atoms with van der Waals surface area (Å²) < 4.78 is 10.7. The summed E-state index contributed by atoms with van der Waals surface area (Å²) in [6.45, 7) is 2.09. The molecule has 1 saturated carbocycles. The van der Waals surface area contributed by atoms with Crippen LogP contribution in [-0.2, 0) is 4.79 Å². The van der Waals surface area contributed by atoms with Gasteiger partial charge in [0.25, 0.3) is 0 Å². The summed E-state index contributed by atoms with van der Waals surface area (Å²) in [6.07, 6.45) is 13.7. The van der Waals surface area contributed by atoms with Crippen LogP contribution in [0.25, 0.3) is 11.1 Å². The van der Waals surface area contributed by atoms with E-state index in [2.05, 4.69) is 20.6 Å². The molecule has 1 aromatic heterocycles. The Kier molecular flexibility index (Phi) is 9.66. The van der Waals surface area contributed by atoms with E-state index in [0.29, 0.717) is 28.3 Å². The first kappa shape index (κ1) is 25.8. The molecular formula is C27H38N4O3S. The molecule has 8 heteroatoms. The fourth-order valence-corrected chi connectivity index (χ4v) is 5.89. The second kappa shape index (κ2) is 13.1. The summed E-state index contributed by atoms with van der Waals surface area (Å²) in [5.74, 6) is 3.12. The average Bonchev–Trinajstić information content (AvgIpc) is 3.44. The molecular weight excluding hydrogens is 460 g/mol. The van der Waals surface area contributed by atoms with Gasteiger partial charge in [-0.25, -0.2) is 9.97 Å². The summed E-state index contributed by atoms with van der Waals surface area (Å²) >= 11 is 1.38. The Hall–Kier alpha value is -2.32. The van der Waals surface area contributed by atoms with Crippen molar-refractivity contribution in [2.24, 2.45) is 11.8 Å². The van der Waals surface area contributed by atoms with Gasteiger partial charge in [-0.2, -0.15) is 0 Å². The fraction of sp³-hybridized carbons (Fsp3) is 0.593. The normalized spacial score (nSPS) is 19.3. The van der Waals surface area contributed by atoms with Gasteiger partial charge in [-0.05, 0) is 68.3 Å². The number of nitrogens with zero attached hydrogens (tertiary/aromatic N) is 2. The minimum absolute atomic E-state index is 0.0737. The maximum Gasteiger partial charge on any atom is 0.230 e. The number of methoxy groups -OCH3 is 2. The van der Waals surface area contributed by atoms with Crippen molar-refractivity contribution in [1.29, 1.82) is 0 Å². The van der Waals surface area contributed by atoms with E-state index in [0.717, 1.165) is 36.6 Å². The van der Waals surface area contributed by atoms with Crippen LogP contribution in [-0.4, -0.2) is 55.0 Å². The van der Waals surface area contributed by atoms with Gasteiger partial charge in [-0.3, -0.25) is 4.79 Å². The predicted molar refractivity (Wildman–Crippen MR) is 140 cm³/mol. The summed E-state index contributed by atoms with van der Waals surface area (Å²) in [4.78, 5) is 21.8. The van der Waals surface area contributed by atoms with Gasteiger partial charge < -0.3 is 20.1 Å². The van der Waals surface area contributed by atoms with E-state index in [9.17, 15) is 4.79 Å². The van der Waals surface area contributed by atoms with E-state index < -0.39 is 0 Å². The van der Waals surface area contributed by atoms with Gasteiger partial charge in [-0.15, -0.1) is 0 Å². The molecule has 190 valence electrons. The Morgan fingerprint density at radius 1 is 1.09 bits per heavy atom. The van der Waals surface area contributed by atoms with Crippen LogP contribution < -0.4 is 20.1 Å². The summed E-state index contributed by atoms with van der Waals surface area (Å²) in [5.41, 5.74) is 1.83. The Labute approximate surface area is 213 Å². The van der Waals surface area contributed by atoms with Crippen LogP contribution in [0.5, 0.6) is 11.5 Å². The van der Waals surface area contributed by atoms with Crippen molar-refractivity contribution in [1.82, 2.24) is 20.6 Å². The third-order valence-corrected chi connectivity index (χ3v) is 8.16. The molecule has 2 unspecified atom stereocenters. The topological polar surface area (TPSA) is 85.4 Å². The van der Waals surface area contributed by atoms with Crippen molar-refractivity contribution < 1.29 is 14.3 Å². The number of thioether (sulfide) groups is 1. The number of piperidine rings is 1. The molecule has 7 nitrogen and oxygen atoms in total. The first-order valence-corrected chi connectivity index (χ1v) is 13.8. The average molecular weight is 499 g/mol. The molecule has 2 heterocycles. The van der Waals surface area contributed by atoms with Crippen molar-refractivity contribution in [2.45, 2.75) is 62.6 Å². The number of hydrogen-bond acceptors (Lipinski definition) is 7. The lowest BCUT2D eigenvalue weighted by Gasteiger charge is -2.32. The highest BCUT2D eigenvalue weighted by molar-refractivity contribution is 7.99. The van der Waals surface area contributed by atoms with Gasteiger partial charge in [0.1, 0.15) is 0 Å². The minimum atomic E-state index is 0.0737. The number of benzene rings is 1. The van der Waals surface area contributed by atoms with Crippen molar-refractivity contribution in [3.05, 3.63) is 30.6 Å². The smallest absolute Gasteiger partial charge is 0.230 e. The molecule has 2 aliphatic rings. The maximum atomic E-state index is 12.9. The molecule has 1 aliphatic heterocycles. The first-order valence-electron chi connectivity index (χ1n) is 12.8. The molecule has 4 rings (SSSR count). The number of ether oxygens (including phenoxy) is 2. The van der Waals surface area contributed by atoms with E-state index in [1.165, 1.54) is 56.7 Å². The monoisotopic (exact) mass is 498 g/mol. The molecule has 1 aromatic carbocycles. The highest BCUT2D eigenvalue weighted by Crippen LogP contribution is 2.32. The van der Waals surface area contributed by atoms with E-state index in [1.54, 1.807) is 26.6 Å². The van der Waals surface area contributed by atoms with E-state index in [-0.39, 0.29) is 11.9 Å². The maximum absolute atomic E-state index is 12.9. The zero-order valence-corrected chi connectivity index (χ0v) is 21.7. The Bertz CT molecular complexity index is 944. The molecule has 0 bridgehead atoms. The third kappa shape index (κ3) is 7.34. The first-order chi connectivity index (χ1) is 17.2. The predicted octanol–water partition coefficient (Wildman–Crippen LogP) is 4.71. The van der Waals surface area contributed by atoms with Crippen molar-refractivity contribution in [3.8, 4) is 22.6 Å². The molecule has 35 heavy (non-hydrogen) atoms. The Morgan fingerprint density at radius 2 is 1.86 bits per heavy atom. The molecule has 1 aliphatic carbocycles. The summed E-state index contributed by atoms with van der Waals surface area (Å²) in [5, 5.41) is 7.48. The molecule has 2 atom stereocenters. The fourth-order valence-electron chi connectivity index (χ4n) is 5.30. The van der Waals surface area contributed by atoms with E-state index in [1.807, 2.05) is 18.2 Å². The summed E-state index contributed by atoms with van der Waals surface area (Å²) in [6, 6.07) is 5.98. The highest BCUT2D eigenvalue weighted by atomic mass is 32.2. The lowest BCUT2D eigenvalue weighted by atomic mass is 9.86. The van der Waals surface area contributed by atoms with E-state index in [4.69, 9.17) is 9.47 Å².